The lowest BCUT2D eigenvalue weighted by Gasteiger charge is -2.20. The number of rotatable bonds is 6. The fourth-order valence-electron chi connectivity index (χ4n) is 2.21. The molecule has 0 aliphatic heterocycles. The number of nitrogens with one attached hydrogen (secondary N) is 1. The first kappa shape index (κ1) is 17.0. The Morgan fingerprint density at radius 2 is 2.00 bits per heavy atom. The van der Waals surface area contributed by atoms with E-state index in [1.807, 2.05) is 19.1 Å². The molecule has 6 heteroatoms. The largest absolute Gasteiger partial charge is 0.464 e. The van der Waals surface area contributed by atoms with Crippen LogP contribution in [0.5, 0.6) is 0 Å². The normalized spacial score (nSPS) is 12.0. The number of carbonyl (C=O) groups is 1. The molecule has 1 aromatic heterocycles. The number of carbonyl (C=O) groups excluding carboxylic acids is 1. The van der Waals surface area contributed by atoms with Crippen LogP contribution in [-0.2, 0) is 11.3 Å². The third-order valence-corrected chi connectivity index (χ3v) is 3.50. The highest BCUT2D eigenvalue weighted by atomic mass is 19.1. The Balaban J connectivity index is 1.87. The van der Waals surface area contributed by atoms with Gasteiger partial charge in [-0.1, -0.05) is 12.1 Å². The van der Waals surface area contributed by atoms with E-state index in [1.54, 1.807) is 26.3 Å². The highest BCUT2D eigenvalue weighted by Gasteiger charge is 2.15. The molecule has 1 N–H and O–H groups in total. The van der Waals surface area contributed by atoms with E-state index < -0.39 is 0 Å². The summed E-state index contributed by atoms with van der Waals surface area (Å²) < 4.78 is 23.8. The van der Waals surface area contributed by atoms with Crippen LogP contribution in [0.15, 0.2) is 40.8 Å². The number of nitrogens with zero attached hydrogens (tertiary/aromatic N) is 1. The van der Waals surface area contributed by atoms with Gasteiger partial charge < -0.3 is 19.4 Å². The SMILES string of the molecule is COC(CNC(=O)N(C)Cc1ccc(C)o1)c1ccc(F)cc1. The van der Waals surface area contributed by atoms with Crippen LogP contribution in [0, 0.1) is 12.7 Å². The smallest absolute Gasteiger partial charge is 0.317 e. The highest BCUT2D eigenvalue weighted by Crippen LogP contribution is 2.16. The Labute approximate surface area is 135 Å². The lowest BCUT2D eigenvalue weighted by atomic mass is 10.1. The van der Waals surface area contributed by atoms with Gasteiger partial charge in [0.15, 0.2) is 0 Å². The zero-order valence-electron chi connectivity index (χ0n) is 13.5. The van der Waals surface area contributed by atoms with Crippen LogP contribution in [0.25, 0.3) is 0 Å². The van der Waals surface area contributed by atoms with Crippen LogP contribution < -0.4 is 5.32 Å². The summed E-state index contributed by atoms with van der Waals surface area (Å²) in [4.78, 5) is 13.6. The summed E-state index contributed by atoms with van der Waals surface area (Å²) in [5, 5.41) is 2.80. The van der Waals surface area contributed by atoms with E-state index in [2.05, 4.69) is 5.32 Å². The fourth-order valence-corrected chi connectivity index (χ4v) is 2.21. The Hall–Kier alpha value is -2.34. The van der Waals surface area contributed by atoms with Crippen molar-refractivity contribution in [2.45, 2.75) is 19.6 Å². The molecule has 1 aromatic carbocycles. The summed E-state index contributed by atoms with van der Waals surface area (Å²) in [5.74, 6) is 1.23. The number of amides is 2. The van der Waals surface area contributed by atoms with Crippen molar-refractivity contribution < 1.29 is 18.3 Å². The Morgan fingerprint density at radius 1 is 1.30 bits per heavy atom. The average molecular weight is 320 g/mol. The molecular weight excluding hydrogens is 299 g/mol. The molecule has 0 saturated heterocycles. The van der Waals surface area contributed by atoms with Gasteiger partial charge in [0.25, 0.3) is 0 Å². The predicted octanol–water partition coefficient (Wildman–Crippen LogP) is 3.26. The van der Waals surface area contributed by atoms with Crippen molar-refractivity contribution >= 4 is 6.03 Å². The molecule has 0 aliphatic rings. The Morgan fingerprint density at radius 3 is 2.57 bits per heavy atom. The molecule has 0 spiro atoms. The quantitative estimate of drug-likeness (QED) is 0.889. The van der Waals surface area contributed by atoms with E-state index in [0.29, 0.717) is 13.1 Å². The van der Waals surface area contributed by atoms with Crippen molar-refractivity contribution in [1.82, 2.24) is 10.2 Å². The average Bonchev–Trinajstić information content (AvgIpc) is 2.94. The minimum absolute atomic E-state index is 0.233. The van der Waals surface area contributed by atoms with Crippen molar-refractivity contribution in [3.63, 3.8) is 0 Å². The second-order valence-corrected chi connectivity index (χ2v) is 5.33. The molecule has 2 rings (SSSR count). The first-order chi connectivity index (χ1) is 11.0. The topological polar surface area (TPSA) is 54.7 Å². The van der Waals surface area contributed by atoms with Gasteiger partial charge in [0.2, 0.25) is 0 Å². The van der Waals surface area contributed by atoms with Crippen molar-refractivity contribution in [2.24, 2.45) is 0 Å². The Kier molecular flexibility index (Phi) is 5.76. The van der Waals surface area contributed by atoms with Gasteiger partial charge in [-0.25, -0.2) is 9.18 Å². The Bertz CT molecular complexity index is 640. The van der Waals surface area contributed by atoms with Gasteiger partial charge in [0, 0.05) is 20.7 Å². The molecule has 0 fully saturated rings. The zero-order valence-corrected chi connectivity index (χ0v) is 13.5. The van der Waals surface area contributed by atoms with E-state index in [9.17, 15) is 9.18 Å². The van der Waals surface area contributed by atoms with E-state index in [4.69, 9.17) is 9.15 Å². The van der Waals surface area contributed by atoms with Gasteiger partial charge in [-0.05, 0) is 36.8 Å². The van der Waals surface area contributed by atoms with Gasteiger partial charge in [-0.15, -0.1) is 0 Å². The molecule has 1 heterocycles. The van der Waals surface area contributed by atoms with Gasteiger partial charge >= 0.3 is 6.03 Å². The number of hydrogen-bond acceptors (Lipinski definition) is 3. The lowest BCUT2D eigenvalue weighted by Crippen LogP contribution is -2.39. The first-order valence-electron chi connectivity index (χ1n) is 7.32. The van der Waals surface area contributed by atoms with E-state index in [-0.39, 0.29) is 18.0 Å². The number of aryl methyl sites for hydroxylation is 1. The minimum Gasteiger partial charge on any atom is -0.464 e. The molecule has 0 aliphatic carbocycles. The van der Waals surface area contributed by atoms with Crippen molar-refractivity contribution in [3.8, 4) is 0 Å². The van der Waals surface area contributed by atoms with Gasteiger partial charge in [0.1, 0.15) is 17.3 Å². The summed E-state index contributed by atoms with van der Waals surface area (Å²) in [6.45, 7) is 2.53. The number of furan rings is 1. The maximum Gasteiger partial charge on any atom is 0.317 e. The number of halogens is 1. The van der Waals surface area contributed by atoms with Crippen molar-refractivity contribution in [1.29, 1.82) is 0 Å². The second kappa shape index (κ2) is 7.78. The van der Waals surface area contributed by atoms with Crippen molar-refractivity contribution in [2.75, 3.05) is 20.7 Å². The van der Waals surface area contributed by atoms with Crippen LogP contribution in [-0.4, -0.2) is 31.6 Å². The summed E-state index contributed by atoms with van der Waals surface area (Å²) in [5.41, 5.74) is 0.804. The van der Waals surface area contributed by atoms with E-state index in [1.165, 1.54) is 17.0 Å². The van der Waals surface area contributed by atoms with Crippen LogP contribution in [0.3, 0.4) is 0 Å². The molecule has 0 radical (unpaired) electrons. The monoisotopic (exact) mass is 320 g/mol. The van der Waals surface area contributed by atoms with Crippen LogP contribution in [0.4, 0.5) is 9.18 Å². The molecule has 2 amide bonds. The van der Waals surface area contributed by atoms with Gasteiger partial charge in [-0.2, -0.15) is 0 Å². The fraction of sp³-hybridized carbons (Fsp3) is 0.353. The minimum atomic E-state index is -0.334. The third-order valence-electron chi connectivity index (χ3n) is 3.50. The summed E-state index contributed by atoms with van der Waals surface area (Å²) in [6, 6.07) is 9.49. The number of ether oxygens (including phenoxy) is 1. The summed E-state index contributed by atoms with van der Waals surface area (Å²) in [7, 11) is 3.24. The number of benzene rings is 1. The molecule has 124 valence electrons. The maximum atomic E-state index is 13.0. The standard InChI is InChI=1S/C17H21FN2O3/c1-12-4-9-15(23-12)11-20(2)17(21)19-10-16(22-3)13-5-7-14(18)8-6-13/h4-9,16H,10-11H2,1-3H3,(H,19,21). The molecule has 5 nitrogen and oxygen atoms in total. The van der Waals surface area contributed by atoms with E-state index >= 15 is 0 Å². The molecule has 1 unspecified atom stereocenters. The van der Waals surface area contributed by atoms with Gasteiger partial charge in [-0.3, -0.25) is 0 Å². The highest BCUT2D eigenvalue weighted by molar-refractivity contribution is 5.73. The zero-order chi connectivity index (χ0) is 16.8. The lowest BCUT2D eigenvalue weighted by molar-refractivity contribution is 0.102. The third kappa shape index (κ3) is 4.82. The van der Waals surface area contributed by atoms with Crippen molar-refractivity contribution in [3.05, 3.63) is 59.3 Å². The molecule has 0 bridgehead atoms. The number of methoxy groups -OCH3 is 1. The molecule has 0 saturated carbocycles. The van der Waals surface area contributed by atoms with Gasteiger partial charge in [0.05, 0.1) is 12.6 Å². The van der Waals surface area contributed by atoms with E-state index in [0.717, 1.165) is 17.1 Å². The summed E-state index contributed by atoms with van der Waals surface area (Å²) in [6.07, 6.45) is -0.334. The molecule has 23 heavy (non-hydrogen) atoms. The number of urea groups is 1. The van der Waals surface area contributed by atoms with Crippen LogP contribution in [0.2, 0.25) is 0 Å². The molecular formula is C17H21FN2O3. The second-order valence-electron chi connectivity index (χ2n) is 5.33. The first-order valence-corrected chi connectivity index (χ1v) is 7.32. The maximum absolute atomic E-state index is 13.0. The molecule has 2 aromatic rings. The summed E-state index contributed by atoms with van der Waals surface area (Å²) >= 11 is 0. The predicted molar refractivity (Wildman–Crippen MR) is 84.5 cm³/mol. The van der Waals surface area contributed by atoms with Crippen LogP contribution >= 0.6 is 0 Å². The van der Waals surface area contributed by atoms with Crippen LogP contribution in [0.1, 0.15) is 23.2 Å². The number of hydrogen-bond donors (Lipinski definition) is 1. The molecule has 1 atom stereocenters.